The van der Waals surface area contributed by atoms with Gasteiger partial charge in [0.15, 0.2) is 0 Å². The summed E-state index contributed by atoms with van der Waals surface area (Å²) in [6, 6.07) is 94.2. The summed E-state index contributed by atoms with van der Waals surface area (Å²) < 4.78 is 10.9. The molecule has 13 nitrogen and oxygen atoms in total. The van der Waals surface area contributed by atoms with Crippen molar-refractivity contribution in [3.05, 3.63) is 354 Å². The van der Waals surface area contributed by atoms with Crippen LogP contribution in [0, 0.1) is 0 Å². The largest absolute Gasteiger partial charge is 0.481 e. The van der Waals surface area contributed by atoms with E-state index in [0.29, 0.717) is 44.4 Å². The lowest BCUT2D eigenvalue weighted by Gasteiger charge is -2.08. The van der Waals surface area contributed by atoms with E-state index in [4.69, 9.17) is 61.6 Å². The molecule has 0 saturated heterocycles. The molecular weight excluding hydrogens is 1250 g/mol. The van der Waals surface area contributed by atoms with Gasteiger partial charge in [-0.05, 0) is 181 Å². The molecule has 0 unspecified atom stereocenters. The number of hydrogen-bond acceptors (Lipinski definition) is 11. The van der Waals surface area contributed by atoms with Gasteiger partial charge in [-0.2, -0.15) is 0 Å². The fraction of sp³-hybridized carbons (Fsp3) is 0.0263. The van der Waals surface area contributed by atoms with Gasteiger partial charge in [0.05, 0.1) is 37.0 Å². The second-order valence-electron chi connectivity index (χ2n) is 19.3. The molecule has 0 radical (unpaired) electrons. The minimum absolute atomic E-state index is 0.212. The zero-order valence-corrected chi connectivity index (χ0v) is 53.3. The minimum atomic E-state index is -0.552. The number of nitrogens with two attached hydrogens (primary N) is 1. The predicted octanol–water partition coefficient (Wildman–Crippen LogP) is 19.4. The number of methoxy groups -OCH3 is 2. The fourth-order valence-electron chi connectivity index (χ4n) is 7.96. The monoisotopic (exact) mass is 1310 g/mol. The van der Waals surface area contributed by atoms with Crippen LogP contribution in [0.5, 0.6) is 0 Å². The van der Waals surface area contributed by atoms with Gasteiger partial charge in [-0.15, -0.1) is 0 Å². The molecule has 0 aliphatic heterocycles. The molecule has 0 spiro atoms. The number of benzene rings is 11. The number of nitrogens with zero attached hydrogens (tertiary/aromatic N) is 4. The van der Waals surface area contributed by atoms with Crippen LogP contribution in [-0.2, 0) is 9.47 Å². The van der Waals surface area contributed by atoms with Gasteiger partial charge in [-0.3, -0.25) is 19.2 Å². The number of amides is 2. The Labute approximate surface area is 560 Å². The van der Waals surface area contributed by atoms with E-state index in [2.05, 4.69) is 30.6 Å². The van der Waals surface area contributed by atoms with E-state index in [1.54, 1.807) is 38.5 Å². The Hall–Kier alpha value is -11.1. The zero-order valence-electron chi connectivity index (χ0n) is 50.3. The summed E-state index contributed by atoms with van der Waals surface area (Å²) in [4.78, 5) is 63.4. The Morgan fingerprint density at radius 2 is 0.516 bits per heavy atom. The van der Waals surface area contributed by atoms with Crippen molar-refractivity contribution in [2.24, 2.45) is 20.0 Å². The number of hydrogen-bond donors (Lipinski definition) is 3. The molecule has 0 atom stereocenters. The third-order valence-corrected chi connectivity index (χ3v) is 13.7. The molecular formula is C76H61Cl4N7O6. The van der Waals surface area contributed by atoms with Crippen molar-refractivity contribution in [1.29, 1.82) is 0 Å². The van der Waals surface area contributed by atoms with Gasteiger partial charge >= 0.3 is 0 Å². The van der Waals surface area contributed by atoms with Gasteiger partial charge in [0.2, 0.25) is 11.8 Å². The van der Waals surface area contributed by atoms with E-state index >= 15 is 0 Å². The Morgan fingerprint density at radius 1 is 0.290 bits per heavy atom. The van der Waals surface area contributed by atoms with Gasteiger partial charge in [-0.1, -0.05) is 175 Å². The summed E-state index contributed by atoms with van der Waals surface area (Å²) in [6.45, 7) is 0. The van der Waals surface area contributed by atoms with Crippen molar-refractivity contribution in [2.45, 2.75) is 0 Å². The number of para-hydroxylation sites is 7. The van der Waals surface area contributed by atoms with Crippen molar-refractivity contribution < 1.29 is 28.7 Å². The number of carbonyl (C=O) groups excluding carboxylic acids is 4. The number of ether oxygens (including phenoxy) is 2. The molecule has 2 amide bonds. The highest BCUT2D eigenvalue weighted by molar-refractivity contribution is 6.71. The molecule has 0 aromatic heterocycles. The second kappa shape index (κ2) is 37.8. The number of carbonyl (C=O) groups is 4. The van der Waals surface area contributed by atoms with Gasteiger partial charge in [0, 0.05) is 61.6 Å². The van der Waals surface area contributed by atoms with E-state index in [1.807, 2.05) is 261 Å². The van der Waals surface area contributed by atoms with Gasteiger partial charge < -0.3 is 25.8 Å². The van der Waals surface area contributed by atoms with Crippen molar-refractivity contribution in [2.75, 3.05) is 30.6 Å². The molecule has 0 saturated carbocycles. The van der Waals surface area contributed by atoms with Crippen LogP contribution in [0.1, 0.15) is 63.7 Å². The third kappa shape index (κ3) is 24.0. The van der Waals surface area contributed by atoms with E-state index in [1.165, 1.54) is 24.3 Å². The van der Waals surface area contributed by atoms with Crippen LogP contribution >= 0.6 is 46.4 Å². The smallest absolute Gasteiger partial charge is 0.255 e. The van der Waals surface area contributed by atoms with Gasteiger partial charge in [0.1, 0.15) is 10.3 Å². The molecule has 17 heteroatoms. The highest BCUT2D eigenvalue weighted by atomic mass is 35.5. The predicted molar refractivity (Wildman–Crippen MR) is 382 cm³/mol. The van der Waals surface area contributed by atoms with Crippen molar-refractivity contribution in [1.82, 2.24) is 0 Å². The fourth-order valence-corrected chi connectivity index (χ4v) is 8.66. The highest BCUT2D eigenvalue weighted by Crippen LogP contribution is 2.21. The quantitative estimate of drug-likeness (QED) is 0.0418. The number of nitrogens with one attached hydrogen (secondary N) is 2. The Balaban J connectivity index is 0.000000173. The second-order valence-corrected chi connectivity index (χ2v) is 20.7. The third-order valence-electron chi connectivity index (χ3n) is 12.7. The summed E-state index contributed by atoms with van der Waals surface area (Å²) in [5, 5.41) is 5.38. The van der Waals surface area contributed by atoms with E-state index in [0.717, 1.165) is 62.1 Å². The maximum atomic E-state index is 12.2. The minimum Gasteiger partial charge on any atom is -0.481 e. The zero-order chi connectivity index (χ0) is 66.0. The molecule has 0 aliphatic carbocycles. The maximum absolute atomic E-state index is 12.2. The number of halogens is 4. The molecule has 0 bridgehead atoms. The summed E-state index contributed by atoms with van der Waals surface area (Å²) in [6.07, 6.45) is 0. The van der Waals surface area contributed by atoms with Gasteiger partial charge in [0.25, 0.3) is 22.3 Å². The normalized spacial score (nSPS) is 10.9. The highest BCUT2D eigenvalue weighted by Gasteiger charge is 2.12. The summed E-state index contributed by atoms with van der Waals surface area (Å²) in [5.41, 5.74) is 16.1. The molecule has 464 valence electrons. The van der Waals surface area contributed by atoms with E-state index in [9.17, 15) is 19.2 Å². The first-order valence-electron chi connectivity index (χ1n) is 28.5. The van der Waals surface area contributed by atoms with Crippen LogP contribution in [0.25, 0.3) is 0 Å². The number of anilines is 3. The van der Waals surface area contributed by atoms with Crippen molar-refractivity contribution in [3.63, 3.8) is 0 Å². The molecule has 11 aromatic carbocycles. The number of nitrogen functional groups attached to an aromatic ring is 1. The van der Waals surface area contributed by atoms with Crippen LogP contribution in [0.2, 0.25) is 0 Å². The lowest BCUT2D eigenvalue weighted by Crippen LogP contribution is -2.14. The Morgan fingerprint density at radius 3 is 0.763 bits per heavy atom. The molecule has 4 N–H and O–H groups in total. The summed E-state index contributed by atoms with van der Waals surface area (Å²) >= 11 is 22.9. The Kier molecular flexibility index (Phi) is 28.2. The van der Waals surface area contributed by atoms with Gasteiger partial charge in [-0.25, -0.2) is 20.0 Å². The average Bonchev–Trinajstić information content (AvgIpc) is 2.65. The Bertz CT molecular complexity index is 3980. The van der Waals surface area contributed by atoms with E-state index < -0.39 is 10.5 Å². The SMILES string of the molecule is COC(=Nc1ccccc1)c1ccc(C(=Nc2ccccc2)OC)cc1.ClC(=Nc1ccccc1)c1ccc(C(Cl)=Nc2ccccc2)cc1.Nc1ccccc1.O=C(Cl)c1ccc(C(=O)Cl)cc1.O=C(Nc1ccccc1)c1ccc(C(=O)Nc2ccccc2)cc1. The van der Waals surface area contributed by atoms with Crippen LogP contribution in [0.15, 0.2) is 329 Å². The molecule has 0 fully saturated rings. The van der Waals surface area contributed by atoms with Crippen LogP contribution in [0.4, 0.5) is 39.8 Å². The first-order chi connectivity index (χ1) is 45.2. The number of rotatable bonds is 14. The average molecular weight is 1310 g/mol. The summed E-state index contributed by atoms with van der Waals surface area (Å²) in [5.74, 6) is 0.691. The lowest BCUT2D eigenvalue weighted by atomic mass is 10.1. The molecule has 0 aliphatic rings. The van der Waals surface area contributed by atoms with Crippen LogP contribution < -0.4 is 16.4 Å². The van der Waals surface area contributed by atoms with Crippen molar-refractivity contribution in [3.8, 4) is 0 Å². The molecule has 93 heavy (non-hydrogen) atoms. The molecule has 0 heterocycles. The lowest BCUT2D eigenvalue weighted by molar-refractivity contribution is 0.101. The topological polar surface area (TPSA) is 186 Å². The van der Waals surface area contributed by atoms with E-state index in [-0.39, 0.29) is 11.8 Å². The molecule has 11 rings (SSSR count). The van der Waals surface area contributed by atoms with Crippen LogP contribution in [-0.4, -0.2) is 58.7 Å². The van der Waals surface area contributed by atoms with Crippen LogP contribution in [0.3, 0.4) is 0 Å². The molecule has 11 aromatic rings. The first-order valence-corrected chi connectivity index (χ1v) is 30.0. The summed E-state index contributed by atoms with van der Waals surface area (Å²) in [7, 11) is 3.24. The first kappa shape index (κ1) is 69.4. The standard InChI is InChI=1S/C22H20N2O2.C20H14Cl2N2.C20H16N2O2.C8H4Cl2O2.C6H7N/c1-25-21(23-19-9-5-3-6-10-19)17-13-15-18(16-14-17)22(26-2)24-20-11-7-4-8-12-20;21-19(23-17-7-3-1-4-8-17)15-11-13-16(14-12-15)20(22)24-18-9-5-2-6-10-18;23-19(21-17-7-3-1-4-8-17)15-11-13-16(14-12-15)20(24)22-18-9-5-2-6-10-18;9-7(11)5-1-2-6(4-3-5)8(10)12;7-6-4-2-1-3-5-6/h3-16H,1-2H3;1-14H;1-14H,(H,21,23)(H,22,24);1-4H;1-5H,7H2. The maximum Gasteiger partial charge on any atom is 0.255 e. The number of aliphatic imine (C=N–C) groups is 4. The van der Waals surface area contributed by atoms with Crippen molar-refractivity contribution >= 4 is 131 Å².